The minimum atomic E-state index is -0.981. The lowest BCUT2D eigenvalue weighted by molar-refractivity contribution is -0.141. The molecule has 0 spiro atoms. The predicted octanol–water partition coefficient (Wildman–Crippen LogP) is 2.70. The molecule has 0 aliphatic heterocycles. The van der Waals surface area contributed by atoms with Crippen molar-refractivity contribution < 1.29 is 38.2 Å². The topological polar surface area (TPSA) is 203 Å². The van der Waals surface area contributed by atoms with E-state index in [1.54, 1.807) is 54.5 Å². The molecule has 1 atom stereocenters. The van der Waals surface area contributed by atoms with Crippen LogP contribution in [0.25, 0.3) is 0 Å². The Morgan fingerprint density at radius 3 is 1.98 bits per heavy atom. The van der Waals surface area contributed by atoms with Crippen LogP contribution >= 0.6 is 11.3 Å². The maximum atomic E-state index is 13.3. The molecule has 2 aromatic rings. The van der Waals surface area contributed by atoms with Gasteiger partial charge in [0.1, 0.15) is 17.2 Å². The molecular weight excluding hydrogens is 596 g/mol. The van der Waals surface area contributed by atoms with Crippen LogP contribution in [0.1, 0.15) is 67.8 Å². The van der Waals surface area contributed by atoms with E-state index in [1.807, 2.05) is 0 Å². The number of ether oxygens (including phenoxy) is 3. The van der Waals surface area contributed by atoms with Crippen LogP contribution in [0.15, 0.2) is 35.7 Å². The molecule has 0 radical (unpaired) electrons. The summed E-state index contributed by atoms with van der Waals surface area (Å²) >= 11 is 0.875. The van der Waals surface area contributed by atoms with Gasteiger partial charge in [-0.3, -0.25) is 20.2 Å². The molecule has 0 fully saturated rings. The van der Waals surface area contributed by atoms with Gasteiger partial charge in [0.05, 0.1) is 16.9 Å². The third-order valence-corrected chi connectivity index (χ3v) is 5.93. The number of alkyl carbamates (subject to hydrolysis) is 2. The fourth-order valence-electron chi connectivity index (χ4n) is 3.11. The highest BCUT2D eigenvalue weighted by molar-refractivity contribution is 7.15. The minimum Gasteiger partial charge on any atom is -0.467 e. The normalized spacial score (nSPS) is 11.7. The standard InChI is InChI=1S/C27H38N8O8S/c1-9-35(34-23(32-24(39)42-26(2,3)4)33-25(40)43-27(5,6)7)20(37)18-12-11-17(44-18)19(36)30-15-16(21(38)41-8)31-22-28-13-10-14-29-22/h10-14,16H,9,15H2,1-8H3,(H,30,36)(H,28,29,31)(H2,32,33,34,39,40). The molecule has 4 N–H and O–H groups in total. The van der Waals surface area contributed by atoms with Gasteiger partial charge in [-0.05, 0) is 66.7 Å². The number of rotatable bonds is 9. The predicted molar refractivity (Wildman–Crippen MR) is 161 cm³/mol. The molecule has 0 saturated carbocycles. The second-order valence-electron chi connectivity index (χ2n) is 10.9. The van der Waals surface area contributed by atoms with Crippen molar-refractivity contribution in [2.24, 2.45) is 5.10 Å². The summed E-state index contributed by atoms with van der Waals surface area (Å²) < 4.78 is 15.2. The second-order valence-corrected chi connectivity index (χ2v) is 12.0. The van der Waals surface area contributed by atoms with Gasteiger partial charge in [0.2, 0.25) is 11.9 Å². The Kier molecular flexibility index (Phi) is 12.6. The van der Waals surface area contributed by atoms with Crippen molar-refractivity contribution >= 4 is 53.2 Å². The number of hydrogen-bond acceptors (Lipinski definition) is 13. The number of nitrogens with zero attached hydrogens (tertiary/aromatic N) is 4. The maximum absolute atomic E-state index is 13.3. The van der Waals surface area contributed by atoms with Crippen LogP contribution in [0.3, 0.4) is 0 Å². The van der Waals surface area contributed by atoms with Crippen molar-refractivity contribution in [2.75, 3.05) is 25.5 Å². The lowest BCUT2D eigenvalue weighted by Gasteiger charge is -2.23. The fourth-order valence-corrected chi connectivity index (χ4v) is 3.98. The van der Waals surface area contributed by atoms with E-state index in [2.05, 4.69) is 36.3 Å². The van der Waals surface area contributed by atoms with Gasteiger partial charge < -0.3 is 24.8 Å². The quantitative estimate of drug-likeness (QED) is 0.104. The first-order valence-electron chi connectivity index (χ1n) is 13.4. The Balaban J connectivity index is 2.19. The number of carbonyl (C=O) groups excluding carboxylic acids is 5. The van der Waals surface area contributed by atoms with Gasteiger partial charge in [-0.25, -0.2) is 29.4 Å². The number of amides is 4. The molecule has 0 saturated heterocycles. The summed E-state index contributed by atoms with van der Waals surface area (Å²) in [6.07, 6.45) is 1.12. The van der Waals surface area contributed by atoms with Crippen LogP contribution in [0.2, 0.25) is 0 Å². The Morgan fingerprint density at radius 2 is 1.48 bits per heavy atom. The molecule has 2 rings (SSSR count). The molecule has 44 heavy (non-hydrogen) atoms. The van der Waals surface area contributed by atoms with Crippen LogP contribution in [0, 0.1) is 0 Å². The van der Waals surface area contributed by atoms with Crippen molar-refractivity contribution in [1.29, 1.82) is 0 Å². The smallest absolute Gasteiger partial charge is 0.414 e. The molecule has 1 unspecified atom stereocenters. The summed E-state index contributed by atoms with van der Waals surface area (Å²) in [6.45, 7) is 11.4. The highest BCUT2D eigenvalue weighted by Crippen LogP contribution is 2.19. The number of aromatic nitrogens is 2. The molecule has 0 aliphatic carbocycles. The van der Waals surface area contributed by atoms with Gasteiger partial charge in [0.25, 0.3) is 11.8 Å². The van der Waals surface area contributed by atoms with Gasteiger partial charge >= 0.3 is 18.2 Å². The van der Waals surface area contributed by atoms with Crippen LogP contribution in [-0.2, 0) is 19.0 Å². The number of thiophene rings is 1. The largest absolute Gasteiger partial charge is 0.467 e. The molecular formula is C27H38N8O8S. The molecule has 240 valence electrons. The Hall–Kier alpha value is -4.80. The van der Waals surface area contributed by atoms with E-state index >= 15 is 0 Å². The summed E-state index contributed by atoms with van der Waals surface area (Å²) in [5.74, 6) is -2.07. The van der Waals surface area contributed by atoms with Crippen LogP contribution in [0.5, 0.6) is 0 Å². The third kappa shape index (κ3) is 12.2. The number of nitrogens with one attached hydrogen (secondary N) is 4. The highest BCUT2D eigenvalue weighted by atomic mass is 32.1. The van der Waals surface area contributed by atoms with E-state index in [9.17, 15) is 24.0 Å². The fraction of sp³-hybridized carbons (Fsp3) is 0.481. The highest BCUT2D eigenvalue weighted by Gasteiger charge is 2.25. The zero-order valence-corrected chi connectivity index (χ0v) is 26.7. The molecule has 16 nitrogen and oxygen atoms in total. The number of carbonyl (C=O) groups is 5. The molecule has 0 aromatic carbocycles. The van der Waals surface area contributed by atoms with Crippen LogP contribution in [0.4, 0.5) is 15.5 Å². The molecule has 4 amide bonds. The lowest BCUT2D eigenvalue weighted by Crippen LogP contribution is -2.48. The zero-order valence-electron chi connectivity index (χ0n) is 25.8. The Bertz CT molecular complexity index is 1320. The number of anilines is 1. The van der Waals surface area contributed by atoms with Gasteiger partial charge in [-0.15, -0.1) is 16.4 Å². The van der Waals surface area contributed by atoms with Gasteiger partial charge in [0.15, 0.2) is 0 Å². The first-order chi connectivity index (χ1) is 20.5. The molecule has 2 heterocycles. The van der Waals surface area contributed by atoms with Gasteiger partial charge in [0, 0.05) is 25.5 Å². The number of esters is 1. The van der Waals surface area contributed by atoms with E-state index in [1.165, 1.54) is 31.6 Å². The second kappa shape index (κ2) is 15.6. The molecule has 0 bridgehead atoms. The Labute approximate surface area is 258 Å². The van der Waals surface area contributed by atoms with E-state index in [0.717, 1.165) is 16.3 Å². The summed E-state index contributed by atoms with van der Waals surface area (Å²) in [4.78, 5) is 71.5. The maximum Gasteiger partial charge on any atom is 0.414 e. The summed E-state index contributed by atoms with van der Waals surface area (Å²) in [5.41, 5.74) is -1.70. The van der Waals surface area contributed by atoms with Crippen LogP contribution in [-0.4, -0.2) is 88.3 Å². The SMILES string of the molecule is CCN(N=C(NC(=O)OC(C)(C)C)NC(=O)OC(C)(C)C)C(=O)c1ccc(C(=O)NCC(Nc2ncccn2)C(=O)OC)s1. The first-order valence-corrected chi connectivity index (χ1v) is 14.2. The molecule has 17 heteroatoms. The average Bonchev–Trinajstić information content (AvgIpc) is 3.42. The van der Waals surface area contributed by atoms with Crippen molar-refractivity contribution in [3.63, 3.8) is 0 Å². The van der Waals surface area contributed by atoms with E-state index < -0.39 is 53.2 Å². The number of methoxy groups -OCH3 is 1. The van der Waals surface area contributed by atoms with E-state index in [4.69, 9.17) is 14.2 Å². The summed E-state index contributed by atoms with van der Waals surface area (Å²) in [7, 11) is 1.21. The van der Waals surface area contributed by atoms with E-state index in [0.29, 0.717) is 0 Å². The van der Waals surface area contributed by atoms with E-state index in [-0.39, 0.29) is 28.8 Å². The summed E-state index contributed by atoms with van der Waals surface area (Å²) in [6, 6.07) is 3.49. The first kappa shape index (κ1) is 35.4. The van der Waals surface area contributed by atoms with Gasteiger partial charge in [-0.1, -0.05) is 0 Å². The Morgan fingerprint density at radius 1 is 0.932 bits per heavy atom. The van der Waals surface area contributed by atoms with Crippen molar-refractivity contribution in [3.8, 4) is 0 Å². The number of hydrogen-bond donors (Lipinski definition) is 4. The zero-order chi connectivity index (χ0) is 33.1. The van der Waals surface area contributed by atoms with Crippen molar-refractivity contribution in [1.82, 2.24) is 30.9 Å². The minimum absolute atomic E-state index is 0.0296. The summed E-state index contributed by atoms with van der Waals surface area (Å²) in [5, 5.41) is 15.1. The number of guanidine groups is 1. The molecule has 0 aliphatic rings. The van der Waals surface area contributed by atoms with Crippen LogP contribution < -0.4 is 21.3 Å². The monoisotopic (exact) mass is 634 g/mol. The van der Waals surface area contributed by atoms with Crippen molar-refractivity contribution in [2.45, 2.75) is 65.7 Å². The molecule has 2 aromatic heterocycles. The third-order valence-electron chi connectivity index (χ3n) is 4.86. The van der Waals surface area contributed by atoms with Crippen molar-refractivity contribution in [3.05, 3.63) is 40.3 Å². The number of hydrazone groups is 1. The lowest BCUT2D eigenvalue weighted by atomic mass is 10.2. The van der Waals surface area contributed by atoms with Gasteiger partial charge in [-0.2, -0.15) is 0 Å². The average molecular weight is 635 g/mol.